The molecule has 5 N–H and O–H groups in total. The van der Waals surface area contributed by atoms with Gasteiger partial charge in [-0.05, 0) is 39.2 Å². The van der Waals surface area contributed by atoms with Gasteiger partial charge in [-0.1, -0.05) is 18.2 Å². The summed E-state index contributed by atoms with van der Waals surface area (Å²) in [7, 11) is 6.30. The van der Waals surface area contributed by atoms with E-state index in [1.807, 2.05) is 6.07 Å². The van der Waals surface area contributed by atoms with Crippen LogP contribution in [-0.4, -0.2) is 69.9 Å². The van der Waals surface area contributed by atoms with E-state index in [4.69, 9.17) is 11.5 Å². The van der Waals surface area contributed by atoms with Crippen molar-refractivity contribution in [3.63, 3.8) is 0 Å². The van der Waals surface area contributed by atoms with Gasteiger partial charge in [0.05, 0.1) is 11.9 Å². The van der Waals surface area contributed by atoms with E-state index < -0.39 is 0 Å². The third kappa shape index (κ3) is 5.90. The summed E-state index contributed by atoms with van der Waals surface area (Å²) in [5, 5.41) is 7.93. The van der Waals surface area contributed by atoms with Gasteiger partial charge < -0.3 is 21.8 Å². The normalized spacial score (nSPS) is 12.9. The molecule has 0 aromatic heterocycles. The fourth-order valence-corrected chi connectivity index (χ4v) is 2.53. The van der Waals surface area contributed by atoms with E-state index in [1.54, 1.807) is 0 Å². The number of hydrogen-bond donors (Lipinski definition) is 3. The zero-order valence-corrected chi connectivity index (χ0v) is 14.2. The highest BCUT2D eigenvalue weighted by atomic mass is 15.7. The van der Waals surface area contributed by atoms with Gasteiger partial charge in [0.1, 0.15) is 0 Å². The predicted molar refractivity (Wildman–Crippen MR) is 94.6 cm³/mol. The summed E-state index contributed by atoms with van der Waals surface area (Å²) in [6.07, 6.45) is 1.18. The van der Waals surface area contributed by atoms with Gasteiger partial charge in [0.25, 0.3) is 0 Å². The minimum atomic E-state index is 0.259. The van der Waals surface area contributed by atoms with Crippen molar-refractivity contribution in [2.45, 2.75) is 12.6 Å². The van der Waals surface area contributed by atoms with E-state index in [0.29, 0.717) is 13.1 Å². The molecule has 0 spiro atoms. The lowest BCUT2D eigenvalue weighted by Gasteiger charge is -2.42. The molecule has 0 aliphatic heterocycles. The van der Waals surface area contributed by atoms with Gasteiger partial charge in [-0.15, -0.1) is 0 Å². The number of nitrogens with two attached hydrogens (primary N) is 2. The van der Waals surface area contributed by atoms with Gasteiger partial charge in [0, 0.05) is 33.2 Å². The van der Waals surface area contributed by atoms with Gasteiger partial charge in [0.2, 0.25) is 0 Å². The SMILES string of the molecule is CN(C)C(CCN)N(CCNCCN)N(C)c1ccccc1. The standard InChI is InChI=1S/C16H32N6/c1-20(2)16(9-10-17)22(14-13-19-12-11-18)21(3)15-7-5-4-6-8-15/h4-8,16,19H,9-14,17-18H2,1-3H3. The van der Waals surface area contributed by atoms with E-state index in [1.165, 1.54) is 5.69 Å². The third-order valence-electron chi connectivity index (χ3n) is 3.72. The third-order valence-corrected chi connectivity index (χ3v) is 3.72. The van der Waals surface area contributed by atoms with Crippen LogP contribution in [0.25, 0.3) is 0 Å². The van der Waals surface area contributed by atoms with Crippen LogP contribution in [0.2, 0.25) is 0 Å². The van der Waals surface area contributed by atoms with Gasteiger partial charge in [-0.25, -0.2) is 5.01 Å². The Morgan fingerprint density at radius 2 is 1.68 bits per heavy atom. The fraction of sp³-hybridized carbons (Fsp3) is 0.625. The second-order valence-corrected chi connectivity index (χ2v) is 5.58. The van der Waals surface area contributed by atoms with Gasteiger partial charge >= 0.3 is 0 Å². The second kappa shape index (κ2) is 10.5. The Labute approximate surface area is 135 Å². The van der Waals surface area contributed by atoms with Crippen LogP contribution < -0.4 is 21.8 Å². The Morgan fingerprint density at radius 3 is 2.23 bits per heavy atom. The molecule has 1 rings (SSSR count). The molecule has 1 aromatic rings. The van der Waals surface area contributed by atoms with E-state index >= 15 is 0 Å². The number of anilines is 1. The molecule has 6 heteroatoms. The quantitative estimate of drug-likeness (QED) is 0.306. The molecule has 0 radical (unpaired) electrons. The summed E-state index contributed by atoms with van der Waals surface area (Å²) in [4.78, 5) is 2.22. The summed E-state index contributed by atoms with van der Waals surface area (Å²) in [6.45, 7) is 3.95. The lowest BCUT2D eigenvalue weighted by molar-refractivity contribution is 0.0683. The van der Waals surface area contributed by atoms with E-state index in [2.05, 4.69) is 65.6 Å². The first-order valence-corrected chi connectivity index (χ1v) is 7.94. The lowest BCUT2D eigenvalue weighted by atomic mass is 10.2. The molecule has 1 unspecified atom stereocenters. The molecule has 0 amide bonds. The van der Waals surface area contributed by atoms with Crippen molar-refractivity contribution >= 4 is 5.69 Å². The molecule has 0 heterocycles. The largest absolute Gasteiger partial charge is 0.330 e. The van der Waals surface area contributed by atoms with Crippen LogP contribution in [0.15, 0.2) is 30.3 Å². The maximum absolute atomic E-state index is 5.82. The zero-order chi connectivity index (χ0) is 16.4. The molecule has 0 aliphatic carbocycles. The predicted octanol–water partition coefficient (Wildman–Crippen LogP) is 0.125. The highest BCUT2D eigenvalue weighted by Crippen LogP contribution is 2.17. The molecule has 0 aliphatic rings. The molecule has 0 bridgehead atoms. The average Bonchev–Trinajstić information content (AvgIpc) is 2.53. The Balaban J connectivity index is 2.83. The molecule has 126 valence electrons. The monoisotopic (exact) mass is 308 g/mol. The first kappa shape index (κ1) is 18.9. The van der Waals surface area contributed by atoms with Crippen molar-refractivity contribution in [1.29, 1.82) is 0 Å². The maximum Gasteiger partial charge on any atom is 0.0815 e. The summed E-state index contributed by atoms with van der Waals surface area (Å²) in [6, 6.07) is 10.4. The van der Waals surface area contributed by atoms with Gasteiger partial charge in [-0.3, -0.25) is 4.90 Å². The van der Waals surface area contributed by atoms with E-state index in [9.17, 15) is 0 Å². The number of para-hydroxylation sites is 1. The molecule has 6 nitrogen and oxygen atoms in total. The first-order chi connectivity index (χ1) is 10.6. The van der Waals surface area contributed by atoms with Crippen molar-refractivity contribution in [2.24, 2.45) is 11.5 Å². The maximum atomic E-state index is 5.82. The van der Waals surface area contributed by atoms with Crippen molar-refractivity contribution in [3.8, 4) is 0 Å². The Bertz CT molecular complexity index is 383. The van der Waals surface area contributed by atoms with Crippen LogP contribution in [0.5, 0.6) is 0 Å². The van der Waals surface area contributed by atoms with E-state index in [0.717, 1.165) is 26.1 Å². The lowest BCUT2D eigenvalue weighted by Crippen LogP contribution is -2.55. The molecule has 1 atom stereocenters. The Kier molecular flexibility index (Phi) is 9.03. The number of nitrogens with zero attached hydrogens (tertiary/aromatic N) is 3. The smallest absolute Gasteiger partial charge is 0.0815 e. The first-order valence-electron chi connectivity index (χ1n) is 7.94. The molecular weight excluding hydrogens is 276 g/mol. The minimum absolute atomic E-state index is 0.259. The average molecular weight is 308 g/mol. The van der Waals surface area contributed by atoms with Crippen LogP contribution in [0, 0.1) is 0 Å². The van der Waals surface area contributed by atoms with Crippen molar-refractivity contribution in [2.75, 3.05) is 58.9 Å². The molecule has 0 saturated heterocycles. The zero-order valence-electron chi connectivity index (χ0n) is 14.2. The van der Waals surface area contributed by atoms with Crippen LogP contribution in [0.4, 0.5) is 5.69 Å². The number of rotatable bonds is 11. The molecule has 0 fully saturated rings. The van der Waals surface area contributed by atoms with Crippen molar-refractivity contribution in [3.05, 3.63) is 30.3 Å². The van der Waals surface area contributed by atoms with Crippen molar-refractivity contribution in [1.82, 2.24) is 15.2 Å². The van der Waals surface area contributed by atoms with Crippen LogP contribution >= 0.6 is 0 Å². The number of hydrogen-bond acceptors (Lipinski definition) is 6. The summed E-state index contributed by atoms with van der Waals surface area (Å²) >= 11 is 0. The van der Waals surface area contributed by atoms with Gasteiger partial charge in [-0.2, -0.15) is 0 Å². The number of benzene rings is 1. The Morgan fingerprint density at radius 1 is 1.00 bits per heavy atom. The molecule has 1 aromatic carbocycles. The Hall–Kier alpha value is -1.18. The number of nitrogens with one attached hydrogen (secondary N) is 1. The molecule has 0 saturated carbocycles. The highest BCUT2D eigenvalue weighted by molar-refractivity contribution is 5.44. The van der Waals surface area contributed by atoms with Crippen LogP contribution in [-0.2, 0) is 0 Å². The number of hydrazine groups is 1. The highest BCUT2D eigenvalue weighted by Gasteiger charge is 2.23. The van der Waals surface area contributed by atoms with Crippen LogP contribution in [0.3, 0.4) is 0 Å². The summed E-state index contributed by atoms with van der Waals surface area (Å²) < 4.78 is 0. The topological polar surface area (TPSA) is 73.8 Å². The molecular formula is C16H32N6. The van der Waals surface area contributed by atoms with Crippen molar-refractivity contribution < 1.29 is 0 Å². The summed E-state index contributed by atoms with van der Waals surface area (Å²) in [5.74, 6) is 0. The fourth-order valence-electron chi connectivity index (χ4n) is 2.53. The van der Waals surface area contributed by atoms with E-state index in [-0.39, 0.29) is 6.17 Å². The minimum Gasteiger partial charge on any atom is -0.330 e. The molecule has 22 heavy (non-hydrogen) atoms. The summed E-state index contributed by atoms with van der Waals surface area (Å²) in [5.41, 5.74) is 12.5. The second-order valence-electron chi connectivity index (χ2n) is 5.58. The van der Waals surface area contributed by atoms with Crippen LogP contribution in [0.1, 0.15) is 6.42 Å². The van der Waals surface area contributed by atoms with Gasteiger partial charge in [0.15, 0.2) is 0 Å².